The topological polar surface area (TPSA) is 173 Å². The maximum absolute atomic E-state index is 13.1. The number of fused-ring (bicyclic) bond motifs is 4. The van der Waals surface area contributed by atoms with Crippen LogP contribution in [0.4, 0.5) is 5.82 Å². The lowest BCUT2D eigenvalue weighted by molar-refractivity contribution is -0.123. The molecule has 37 heavy (non-hydrogen) atoms. The highest BCUT2D eigenvalue weighted by Crippen LogP contribution is 2.36. The predicted molar refractivity (Wildman–Crippen MR) is 132 cm³/mol. The fraction of sp³-hybridized carbons (Fsp3) is 0.375. The maximum atomic E-state index is 13.1. The Morgan fingerprint density at radius 3 is 2.46 bits per heavy atom. The molecule has 1 fully saturated rings. The SMILES string of the molecule is Cc1ccc(N2C[C@@H]3C[C@H](C2)c2ccc(C(=O)NCc4nccn4C)c(=O)n2C3)nn1.O=CO.O=CO. The van der Waals surface area contributed by atoms with Gasteiger partial charge in [-0.2, -0.15) is 5.10 Å². The number of pyridine rings is 1. The lowest BCUT2D eigenvalue weighted by Crippen LogP contribution is -2.48. The van der Waals surface area contributed by atoms with Crippen molar-refractivity contribution in [3.8, 4) is 0 Å². The lowest BCUT2D eigenvalue weighted by Gasteiger charge is -2.43. The number of anilines is 1. The highest BCUT2D eigenvalue weighted by atomic mass is 16.3. The molecule has 13 nitrogen and oxygen atoms in total. The van der Waals surface area contributed by atoms with E-state index in [4.69, 9.17) is 19.8 Å². The molecule has 13 heteroatoms. The standard InChI is InChI=1S/C22H25N7O2.2CH2O2/c1-14-3-6-19(26-25-14)28-11-15-9-16(13-28)18-5-4-17(22(31)29(18)12-15)21(30)24-10-20-23-7-8-27(20)2;2*2-1-3/h3-8,15-16H,9-13H2,1-2H3,(H,24,30);2*1H,(H,2,3)/t15-,16+;;/m0../s1. The largest absolute Gasteiger partial charge is 0.483 e. The van der Waals surface area contributed by atoms with Crippen LogP contribution in [0.5, 0.6) is 0 Å². The van der Waals surface area contributed by atoms with Crippen LogP contribution in [0.2, 0.25) is 0 Å². The Bertz CT molecular complexity index is 1280. The van der Waals surface area contributed by atoms with Gasteiger partial charge in [0.05, 0.1) is 12.2 Å². The maximum Gasteiger partial charge on any atom is 0.290 e. The van der Waals surface area contributed by atoms with Crippen LogP contribution >= 0.6 is 0 Å². The molecule has 1 amide bonds. The first-order valence-corrected chi connectivity index (χ1v) is 11.5. The van der Waals surface area contributed by atoms with Gasteiger partial charge in [-0.3, -0.25) is 19.2 Å². The van der Waals surface area contributed by atoms with Gasteiger partial charge in [0.25, 0.3) is 24.4 Å². The van der Waals surface area contributed by atoms with Gasteiger partial charge in [-0.15, -0.1) is 5.10 Å². The lowest BCUT2D eigenvalue weighted by atomic mass is 9.83. The number of nitrogens with one attached hydrogen (secondary N) is 1. The predicted octanol–water partition coefficient (Wildman–Crippen LogP) is 0.636. The molecule has 1 saturated heterocycles. The zero-order chi connectivity index (χ0) is 26.9. The summed E-state index contributed by atoms with van der Waals surface area (Å²) in [5.74, 6) is 1.81. The minimum atomic E-state index is -0.365. The van der Waals surface area contributed by atoms with Crippen molar-refractivity contribution in [2.45, 2.75) is 32.4 Å². The van der Waals surface area contributed by atoms with Crippen LogP contribution in [0.3, 0.4) is 0 Å². The number of imidazole rings is 1. The molecular formula is C24H29N7O6. The number of nitrogens with zero attached hydrogens (tertiary/aromatic N) is 6. The van der Waals surface area contributed by atoms with Gasteiger partial charge in [-0.25, -0.2) is 4.98 Å². The van der Waals surface area contributed by atoms with E-state index in [1.54, 1.807) is 16.8 Å². The quantitative estimate of drug-likeness (QED) is 0.422. The fourth-order valence-electron chi connectivity index (χ4n) is 4.69. The third-order valence-corrected chi connectivity index (χ3v) is 6.28. The van der Waals surface area contributed by atoms with Crippen molar-refractivity contribution in [2.75, 3.05) is 18.0 Å². The molecule has 0 aromatic carbocycles. The summed E-state index contributed by atoms with van der Waals surface area (Å²) in [7, 11) is 1.87. The number of aromatic nitrogens is 5. The summed E-state index contributed by atoms with van der Waals surface area (Å²) in [6.45, 7) is 3.94. The molecule has 2 atom stereocenters. The van der Waals surface area contributed by atoms with Crippen LogP contribution in [-0.2, 0) is 29.7 Å². The van der Waals surface area contributed by atoms with Crippen LogP contribution < -0.4 is 15.8 Å². The van der Waals surface area contributed by atoms with E-state index in [2.05, 4.69) is 25.4 Å². The van der Waals surface area contributed by atoms with Crippen molar-refractivity contribution >= 4 is 24.7 Å². The molecule has 0 unspecified atom stereocenters. The van der Waals surface area contributed by atoms with Crippen molar-refractivity contribution in [3.05, 3.63) is 69.8 Å². The van der Waals surface area contributed by atoms with Gasteiger partial charge in [0.2, 0.25) is 0 Å². The van der Waals surface area contributed by atoms with Crippen molar-refractivity contribution in [3.63, 3.8) is 0 Å². The summed E-state index contributed by atoms with van der Waals surface area (Å²) in [5.41, 5.74) is 1.85. The molecule has 2 aliphatic heterocycles. The number of carboxylic acid groups (broad SMARTS) is 2. The normalized spacial score (nSPS) is 17.2. The minimum Gasteiger partial charge on any atom is -0.483 e. The van der Waals surface area contributed by atoms with Gasteiger partial charge in [0, 0.05) is 50.7 Å². The number of amides is 1. The molecule has 0 aliphatic carbocycles. The molecule has 2 aliphatic rings. The first-order valence-electron chi connectivity index (χ1n) is 11.5. The third kappa shape index (κ3) is 6.37. The number of hydrogen-bond donors (Lipinski definition) is 3. The highest BCUT2D eigenvalue weighted by molar-refractivity contribution is 5.93. The van der Waals surface area contributed by atoms with Crippen molar-refractivity contribution in [1.29, 1.82) is 0 Å². The Kier molecular flexibility index (Phi) is 9.08. The van der Waals surface area contributed by atoms with E-state index in [0.29, 0.717) is 12.5 Å². The van der Waals surface area contributed by atoms with Crippen LogP contribution in [0.1, 0.15) is 39.9 Å². The molecule has 5 rings (SSSR count). The first kappa shape index (κ1) is 27.0. The number of carbonyl (C=O) groups excluding carboxylic acids is 1. The number of carbonyl (C=O) groups is 3. The number of rotatable bonds is 4. The van der Waals surface area contributed by atoms with E-state index >= 15 is 0 Å². The monoisotopic (exact) mass is 511 g/mol. The van der Waals surface area contributed by atoms with E-state index < -0.39 is 0 Å². The number of hydrogen-bond acceptors (Lipinski definition) is 8. The first-order chi connectivity index (χ1) is 17.8. The van der Waals surface area contributed by atoms with Gasteiger partial charge < -0.3 is 29.6 Å². The molecule has 5 heterocycles. The molecule has 0 radical (unpaired) electrons. The summed E-state index contributed by atoms with van der Waals surface area (Å²) in [4.78, 5) is 49.0. The summed E-state index contributed by atoms with van der Waals surface area (Å²) < 4.78 is 3.64. The Balaban J connectivity index is 0.000000580. The zero-order valence-corrected chi connectivity index (χ0v) is 20.5. The van der Waals surface area contributed by atoms with E-state index in [1.165, 1.54) is 0 Å². The second-order valence-corrected chi connectivity index (χ2v) is 8.67. The zero-order valence-electron chi connectivity index (χ0n) is 20.5. The van der Waals surface area contributed by atoms with Gasteiger partial charge in [-0.05, 0) is 43.5 Å². The molecule has 3 aromatic rings. The fourth-order valence-corrected chi connectivity index (χ4v) is 4.69. The van der Waals surface area contributed by atoms with Crippen LogP contribution in [0, 0.1) is 12.8 Å². The van der Waals surface area contributed by atoms with E-state index in [0.717, 1.165) is 42.5 Å². The average molecular weight is 512 g/mol. The molecule has 2 bridgehead atoms. The third-order valence-electron chi connectivity index (χ3n) is 6.28. The van der Waals surface area contributed by atoms with E-state index in [9.17, 15) is 9.59 Å². The number of piperidine rings is 1. The Hall–Kier alpha value is -4.55. The van der Waals surface area contributed by atoms with Crippen LogP contribution in [0.25, 0.3) is 0 Å². The molecule has 0 spiro atoms. The second-order valence-electron chi connectivity index (χ2n) is 8.67. The van der Waals surface area contributed by atoms with Crippen LogP contribution in [0.15, 0.2) is 41.5 Å². The number of aryl methyl sites for hydroxylation is 2. The van der Waals surface area contributed by atoms with Gasteiger partial charge in [-0.1, -0.05) is 0 Å². The Labute approximate surface area is 212 Å². The van der Waals surface area contributed by atoms with Crippen molar-refractivity contribution in [2.24, 2.45) is 13.0 Å². The van der Waals surface area contributed by atoms with Gasteiger partial charge in [0.15, 0.2) is 5.82 Å². The van der Waals surface area contributed by atoms with Crippen molar-refractivity contribution in [1.82, 2.24) is 29.6 Å². The summed E-state index contributed by atoms with van der Waals surface area (Å²) >= 11 is 0. The van der Waals surface area contributed by atoms with Gasteiger partial charge in [0.1, 0.15) is 11.4 Å². The summed E-state index contributed by atoms with van der Waals surface area (Å²) in [6, 6.07) is 7.57. The Morgan fingerprint density at radius 2 is 1.84 bits per heavy atom. The average Bonchev–Trinajstić information content (AvgIpc) is 3.29. The molecule has 3 N–H and O–H groups in total. The molecule has 0 saturated carbocycles. The molecular weight excluding hydrogens is 482 g/mol. The van der Waals surface area contributed by atoms with Crippen LogP contribution in [-0.4, -0.2) is 66.5 Å². The van der Waals surface area contributed by atoms with E-state index in [1.807, 2.05) is 42.9 Å². The second kappa shape index (κ2) is 12.4. The highest BCUT2D eigenvalue weighted by Gasteiger charge is 2.36. The molecule has 3 aromatic heterocycles. The smallest absolute Gasteiger partial charge is 0.290 e. The van der Waals surface area contributed by atoms with Crippen molar-refractivity contribution < 1.29 is 24.6 Å². The summed E-state index contributed by atoms with van der Waals surface area (Å²) in [5, 5.41) is 25.1. The molecule has 196 valence electrons. The minimum absolute atomic E-state index is 0.180. The summed E-state index contributed by atoms with van der Waals surface area (Å²) in [6.07, 6.45) is 4.54. The van der Waals surface area contributed by atoms with E-state index in [-0.39, 0.29) is 42.4 Å². The van der Waals surface area contributed by atoms with Gasteiger partial charge >= 0.3 is 0 Å². The Morgan fingerprint density at radius 1 is 1.11 bits per heavy atom.